The largest absolute Gasteiger partial charge is 0.496 e. The van der Waals surface area contributed by atoms with Gasteiger partial charge < -0.3 is 15.2 Å². The Bertz CT molecular complexity index is 317. The van der Waals surface area contributed by atoms with Gasteiger partial charge in [0.05, 0.1) is 19.8 Å². The van der Waals surface area contributed by atoms with Crippen LogP contribution < -0.4 is 10.5 Å². The Balaban J connectivity index is 2.69. The molecule has 4 heteroatoms. The second-order valence-electron chi connectivity index (χ2n) is 3.31. The van der Waals surface area contributed by atoms with Gasteiger partial charge in [-0.1, -0.05) is 0 Å². The maximum Gasteiger partial charge on any atom is 0.124 e. The number of halogens is 1. The summed E-state index contributed by atoms with van der Waals surface area (Å²) in [4.78, 5) is 0. The molecule has 1 unspecified atom stereocenters. The lowest BCUT2D eigenvalue weighted by Gasteiger charge is -2.12. The molecule has 0 saturated carbocycles. The first kappa shape index (κ1) is 11.9. The topological polar surface area (TPSA) is 44.5 Å². The van der Waals surface area contributed by atoms with Gasteiger partial charge in [-0.2, -0.15) is 0 Å². The Labute approximate surface area is 89.0 Å². The second-order valence-corrected chi connectivity index (χ2v) is 3.31. The molecule has 0 bridgehead atoms. The molecule has 1 atom stereocenters. The van der Waals surface area contributed by atoms with Crippen LogP contribution in [-0.4, -0.2) is 19.8 Å². The second kappa shape index (κ2) is 5.68. The van der Waals surface area contributed by atoms with E-state index in [1.807, 2.05) is 6.92 Å². The van der Waals surface area contributed by atoms with Gasteiger partial charge in [0.1, 0.15) is 11.6 Å². The molecule has 0 radical (unpaired) electrons. The molecular formula is C11H16FNO2. The summed E-state index contributed by atoms with van der Waals surface area (Å²) >= 11 is 0. The molecule has 0 saturated heterocycles. The van der Waals surface area contributed by atoms with Crippen molar-refractivity contribution in [2.75, 3.05) is 13.7 Å². The number of rotatable bonds is 5. The molecule has 1 aromatic rings. The number of hydrogen-bond acceptors (Lipinski definition) is 3. The Morgan fingerprint density at radius 3 is 2.80 bits per heavy atom. The highest BCUT2D eigenvalue weighted by atomic mass is 19.1. The van der Waals surface area contributed by atoms with Gasteiger partial charge >= 0.3 is 0 Å². The summed E-state index contributed by atoms with van der Waals surface area (Å²) in [5.41, 5.74) is 6.10. The molecule has 0 fully saturated rings. The van der Waals surface area contributed by atoms with E-state index in [2.05, 4.69) is 0 Å². The van der Waals surface area contributed by atoms with E-state index in [1.165, 1.54) is 12.1 Å². The summed E-state index contributed by atoms with van der Waals surface area (Å²) < 4.78 is 23.4. The van der Waals surface area contributed by atoms with Crippen molar-refractivity contribution in [1.29, 1.82) is 0 Å². The molecule has 3 nitrogen and oxygen atoms in total. The van der Waals surface area contributed by atoms with Gasteiger partial charge in [0.15, 0.2) is 0 Å². The van der Waals surface area contributed by atoms with Gasteiger partial charge in [0, 0.05) is 12.1 Å². The van der Waals surface area contributed by atoms with Crippen LogP contribution in [0.1, 0.15) is 12.5 Å². The van der Waals surface area contributed by atoms with Gasteiger partial charge in [-0.15, -0.1) is 0 Å². The third kappa shape index (κ3) is 3.49. The molecule has 1 aromatic carbocycles. The van der Waals surface area contributed by atoms with Crippen molar-refractivity contribution in [1.82, 2.24) is 0 Å². The highest BCUT2D eigenvalue weighted by Crippen LogP contribution is 2.20. The molecule has 15 heavy (non-hydrogen) atoms. The normalized spacial score (nSPS) is 12.5. The number of benzene rings is 1. The van der Waals surface area contributed by atoms with Gasteiger partial charge in [-0.05, 0) is 25.1 Å². The predicted octanol–water partition coefficient (Wildman–Crippen LogP) is 1.70. The summed E-state index contributed by atoms with van der Waals surface area (Å²) in [6, 6.07) is 4.35. The van der Waals surface area contributed by atoms with Crippen LogP contribution in [0.5, 0.6) is 5.75 Å². The van der Waals surface area contributed by atoms with Gasteiger partial charge in [0.2, 0.25) is 0 Å². The van der Waals surface area contributed by atoms with E-state index in [0.29, 0.717) is 24.5 Å². The third-order valence-corrected chi connectivity index (χ3v) is 2.10. The van der Waals surface area contributed by atoms with Crippen LogP contribution in [0.2, 0.25) is 0 Å². The zero-order valence-corrected chi connectivity index (χ0v) is 9.00. The SMILES string of the molecule is COc1ccc(F)cc1COC(C)CN. The van der Waals surface area contributed by atoms with Crippen molar-refractivity contribution in [2.45, 2.75) is 19.6 Å². The molecule has 0 heterocycles. The van der Waals surface area contributed by atoms with Crippen LogP contribution in [0.15, 0.2) is 18.2 Å². The fraction of sp³-hybridized carbons (Fsp3) is 0.455. The molecule has 0 spiro atoms. The van der Waals surface area contributed by atoms with Gasteiger partial charge in [-0.25, -0.2) is 4.39 Å². The molecule has 2 N–H and O–H groups in total. The molecule has 0 aromatic heterocycles. The predicted molar refractivity (Wildman–Crippen MR) is 56.3 cm³/mol. The minimum absolute atomic E-state index is 0.0435. The Kier molecular flexibility index (Phi) is 4.52. The smallest absolute Gasteiger partial charge is 0.124 e. The van der Waals surface area contributed by atoms with E-state index >= 15 is 0 Å². The minimum atomic E-state index is -0.296. The molecule has 84 valence electrons. The quantitative estimate of drug-likeness (QED) is 0.809. The van der Waals surface area contributed by atoms with Crippen LogP contribution in [0, 0.1) is 5.82 Å². The van der Waals surface area contributed by atoms with Gasteiger partial charge in [-0.3, -0.25) is 0 Å². The minimum Gasteiger partial charge on any atom is -0.496 e. The fourth-order valence-corrected chi connectivity index (χ4v) is 1.16. The number of ether oxygens (including phenoxy) is 2. The van der Waals surface area contributed by atoms with Crippen LogP contribution in [0.25, 0.3) is 0 Å². The number of nitrogens with two attached hydrogens (primary N) is 1. The third-order valence-electron chi connectivity index (χ3n) is 2.10. The Morgan fingerprint density at radius 2 is 2.20 bits per heavy atom. The maximum absolute atomic E-state index is 13.0. The first-order valence-corrected chi connectivity index (χ1v) is 4.81. The van der Waals surface area contributed by atoms with Crippen molar-refractivity contribution in [3.8, 4) is 5.75 Å². The molecule has 1 rings (SSSR count). The molecule has 0 amide bonds. The average molecular weight is 213 g/mol. The Morgan fingerprint density at radius 1 is 1.47 bits per heavy atom. The van der Waals surface area contributed by atoms with Crippen molar-refractivity contribution in [2.24, 2.45) is 5.73 Å². The summed E-state index contributed by atoms with van der Waals surface area (Å²) in [5.74, 6) is 0.329. The number of methoxy groups -OCH3 is 1. The van der Waals surface area contributed by atoms with E-state index in [-0.39, 0.29) is 11.9 Å². The lowest BCUT2D eigenvalue weighted by Crippen LogP contribution is -2.19. The average Bonchev–Trinajstić information content (AvgIpc) is 2.26. The Hall–Kier alpha value is -1.13. The molecule has 0 aliphatic rings. The first-order valence-electron chi connectivity index (χ1n) is 4.81. The summed E-state index contributed by atoms with van der Waals surface area (Å²) in [6.07, 6.45) is -0.0435. The zero-order valence-electron chi connectivity index (χ0n) is 9.00. The monoisotopic (exact) mass is 213 g/mol. The molecule has 0 aliphatic heterocycles. The highest BCUT2D eigenvalue weighted by molar-refractivity contribution is 5.33. The van der Waals surface area contributed by atoms with E-state index in [1.54, 1.807) is 13.2 Å². The standard InChI is InChI=1S/C11H16FNO2/c1-8(6-13)15-7-9-5-10(12)3-4-11(9)14-2/h3-5,8H,6-7,13H2,1-2H3. The van der Waals surface area contributed by atoms with E-state index in [4.69, 9.17) is 15.2 Å². The summed E-state index contributed by atoms with van der Waals surface area (Å²) in [6.45, 7) is 2.61. The zero-order chi connectivity index (χ0) is 11.3. The van der Waals surface area contributed by atoms with Crippen LogP contribution in [-0.2, 0) is 11.3 Å². The fourth-order valence-electron chi connectivity index (χ4n) is 1.16. The first-order chi connectivity index (χ1) is 7.17. The summed E-state index contributed by atoms with van der Waals surface area (Å²) in [7, 11) is 1.54. The van der Waals surface area contributed by atoms with E-state index in [0.717, 1.165) is 0 Å². The lowest BCUT2D eigenvalue weighted by atomic mass is 10.2. The molecular weight excluding hydrogens is 197 g/mol. The maximum atomic E-state index is 13.0. The van der Waals surface area contributed by atoms with Crippen molar-refractivity contribution < 1.29 is 13.9 Å². The van der Waals surface area contributed by atoms with Crippen LogP contribution in [0.3, 0.4) is 0 Å². The van der Waals surface area contributed by atoms with Crippen molar-refractivity contribution >= 4 is 0 Å². The van der Waals surface area contributed by atoms with E-state index in [9.17, 15) is 4.39 Å². The van der Waals surface area contributed by atoms with E-state index < -0.39 is 0 Å². The van der Waals surface area contributed by atoms with Crippen molar-refractivity contribution in [3.05, 3.63) is 29.6 Å². The summed E-state index contributed by atoms with van der Waals surface area (Å²) in [5, 5.41) is 0. The van der Waals surface area contributed by atoms with Crippen LogP contribution >= 0.6 is 0 Å². The molecule has 0 aliphatic carbocycles. The van der Waals surface area contributed by atoms with Gasteiger partial charge in [0.25, 0.3) is 0 Å². The number of hydrogen-bond donors (Lipinski definition) is 1. The van der Waals surface area contributed by atoms with Crippen molar-refractivity contribution in [3.63, 3.8) is 0 Å². The highest BCUT2D eigenvalue weighted by Gasteiger charge is 2.06. The lowest BCUT2D eigenvalue weighted by molar-refractivity contribution is 0.0576. The van der Waals surface area contributed by atoms with Crippen LogP contribution in [0.4, 0.5) is 4.39 Å².